The van der Waals surface area contributed by atoms with Crippen molar-refractivity contribution >= 4 is 5.91 Å². The third-order valence-corrected chi connectivity index (χ3v) is 3.70. The Balaban J connectivity index is 1.61. The molecule has 0 aliphatic rings. The lowest BCUT2D eigenvalue weighted by Gasteiger charge is -2.10. The molecule has 0 fully saturated rings. The topological polar surface area (TPSA) is 60.1 Å². The molecule has 0 aliphatic heterocycles. The molecule has 5 nitrogen and oxygen atoms in total. The van der Waals surface area contributed by atoms with Crippen LogP contribution in [0.15, 0.2) is 59.3 Å². The summed E-state index contributed by atoms with van der Waals surface area (Å²) in [6, 6.07) is 13.6. The molecule has 0 unspecified atom stereocenters. The zero-order valence-corrected chi connectivity index (χ0v) is 13.0. The monoisotopic (exact) mass is 309 g/mol. The average Bonchev–Trinajstić information content (AvgIpc) is 3.21. The fourth-order valence-electron chi connectivity index (χ4n) is 2.48. The lowest BCUT2D eigenvalue weighted by atomic mass is 10.2. The highest BCUT2D eigenvalue weighted by Gasteiger charge is 2.10. The highest BCUT2D eigenvalue weighted by Crippen LogP contribution is 2.10. The summed E-state index contributed by atoms with van der Waals surface area (Å²) in [5.41, 5.74) is 2.34. The van der Waals surface area contributed by atoms with Crippen molar-refractivity contribution in [1.82, 2.24) is 14.9 Å². The summed E-state index contributed by atoms with van der Waals surface area (Å²) in [6.07, 6.45) is 4.03. The van der Waals surface area contributed by atoms with E-state index in [-0.39, 0.29) is 5.91 Å². The summed E-state index contributed by atoms with van der Waals surface area (Å²) < 4.78 is 7.25. The van der Waals surface area contributed by atoms with Crippen LogP contribution in [0, 0.1) is 6.92 Å². The largest absolute Gasteiger partial charge is 0.459 e. The molecule has 118 valence electrons. The zero-order valence-electron chi connectivity index (χ0n) is 13.0. The number of imidazole rings is 1. The van der Waals surface area contributed by atoms with Crippen LogP contribution in [0.4, 0.5) is 0 Å². The van der Waals surface area contributed by atoms with Gasteiger partial charge in [0.2, 0.25) is 0 Å². The second kappa shape index (κ2) is 6.96. The summed E-state index contributed by atoms with van der Waals surface area (Å²) in [4.78, 5) is 16.3. The van der Waals surface area contributed by atoms with Gasteiger partial charge >= 0.3 is 0 Å². The third kappa shape index (κ3) is 3.69. The number of nitrogens with one attached hydrogen (secondary N) is 1. The minimum absolute atomic E-state index is 0.201. The minimum Gasteiger partial charge on any atom is -0.459 e. The Labute approximate surface area is 135 Å². The number of carbonyl (C=O) groups is 1. The van der Waals surface area contributed by atoms with Gasteiger partial charge in [-0.1, -0.05) is 30.3 Å². The van der Waals surface area contributed by atoms with E-state index < -0.39 is 0 Å². The lowest BCUT2D eigenvalue weighted by Crippen LogP contribution is -2.26. The van der Waals surface area contributed by atoms with E-state index in [0.29, 0.717) is 18.7 Å². The van der Waals surface area contributed by atoms with Gasteiger partial charge in [-0.2, -0.15) is 0 Å². The maximum absolute atomic E-state index is 11.8. The second-order valence-corrected chi connectivity index (χ2v) is 5.37. The van der Waals surface area contributed by atoms with Crippen molar-refractivity contribution in [3.05, 3.63) is 77.8 Å². The van der Waals surface area contributed by atoms with Crippen molar-refractivity contribution in [3.63, 3.8) is 0 Å². The number of benzene rings is 1. The van der Waals surface area contributed by atoms with E-state index >= 15 is 0 Å². The smallest absolute Gasteiger partial charge is 0.286 e. The number of carbonyl (C=O) groups excluding carboxylic acids is 1. The normalized spacial score (nSPS) is 10.7. The Kier molecular flexibility index (Phi) is 4.57. The Morgan fingerprint density at radius 1 is 1.22 bits per heavy atom. The van der Waals surface area contributed by atoms with E-state index in [2.05, 4.69) is 27.0 Å². The molecule has 3 rings (SSSR count). The number of furan rings is 1. The standard InChI is InChI=1S/C18H19N3O2/c1-14-12-20-17(21(14)13-15-6-3-2-4-7-15)9-10-19-18(22)16-8-5-11-23-16/h2-8,11-12H,9-10,13H2,1H3,(H,19,22). The Morgan fingerprint density at radius 2 is 2.04 bits per heavy atom. The fourth-order valence-corrected chi connectivity index (χ4v) is 2.48. The summed E-state index contributed by atoms with van der Waals surface area (Å²) in [5, 5.41) is 2.85. The number of nitrogens with zero attached hydrogens (tertiary/aromatic N) is 2. The van der Waals surface area contributed by atoms with E-state index in [1.807, 2.05) is 31.3 Å². The molecule has 0 aliphatic carbocycles. The van der Waals surface area contributed by atoms with Crippen LogP contribution in [0.2, 0.25) is 0 Å². The molecule has 0 saturated heterocycles. The quantitative estimate of drug-likeness (QED) is 0.761. The molecule has 0 spiro atoms. The Morgan fingerprint density at radius 3 is 2.78 bits per heavy atom. The van der Waals surface area contributed by atoms with Crippen LogP contribution >= 0.6 is 0 Å². The highest BCUT2D eigenvalue weighted by molar-refractivity contribution is 5.91. The zero-order chi connectivity index (χ0) is 16.1. The van der Waals surface area contributed by atoms with Gasteiger partial charge in [-0.25, -0.2) is 4.98 Å². The van der Waals surface area contributed by atoms with Crippen molar-refractivity contribution in [1.29, 1.82) is 0 Å². The van der Waals surface area contributed by atoms with E-state index in [0.717, 1.165) is 18.1 Å². The molecule has 0 radical (unpaired) electrons. The van der Waals surface area contributed by atoms with Gasteiger partial charge in [-0.15, -0.1) is 0 Å². The maximum Gasteiger partial charge on any atom is 0.286 e. The summed E-state index contributed by atoms with van der Waals surface area (Å²) in [7, 11) is 0. The predicted octanol–water partition coefficient (Wildman–Crippen LogP) is 2.81. The van der Waals surface area contributed by atoms with Gasteiger partial charge in [-0.05, 0) is 24.6 Å². The number of aryl methyl sites for hydroxylation is 1. The lowest BCUT2D eigenvalue weighted by molar-refractivity contribution is 0.0926. The van der Waals surface area contributed by atoms with Gasteiger partial charge in [0.15, 0.2) is 5.76 Å². The van der Waals surface area contributed by atoms with Crippen molar-refractivity contribution in [3.8, 4) is 0 Å². The molecule has 1 aromatic carbocycles. The summed E-state index contributed by atoms with van der Waals surface area (Å²) >= 11 is 0. The van der Waals surface area contributed by atoms with Crippen LogP contribution in [-0.2, 0) is 13.0 Å². The van der Waals surface area contributed by atoms with Crippen LogP contribution in [0.25, 0.3) is 0 Å². The second-order valence-electron chi connectivity index (χ2n) is 5.37. The van der Waals surface area contributed by atoms with Gasteiger partial charge in [0.25, 0.3) is 5.91 Å². The molecule has 2 heterocycles. The molecular formula is C18H19N3O2. The Hall–Kier alpha value is -2.82. The first-order valence-corrected chi connectivity index (χ1v) is 7.60. The average molecular weight is 309 g/mol. The molecule has 2 aromatic heterocycles. The molecule has 3 aromatic rings. The van der Waals surface area contributed by atoms with Crippen LogP contribution in [0.1, 0.15) is 27.6 Å². The number of aromatic nitrogens is 2. The van der Waals surface area contributed by atoms with Gasteiger partial charge in [0.1, 0.15) is 5.82 Å². The van der Waals surface area contributed by atoms with Crippen LogP contribution in [0.5, 0.6) is 0 Å². The van der Waals surface area contributed by atoms with Gasteiger partial charge in [0, 0.05) is 31.4 Å². The maximum atomic E-state index is 11.8. The predicted molar refractivity (Wildman–Crippen MR) is 87.3 cm³/mol. The minimum atomic E-state index is -0.201. The third-order valence-electron chi connectivity index (χ3n) is 3.70. The number of rotatable bonds is 6. The molecule has 5 heteroatoms. The summed E-state index contributed by atoms with van der Waals surface area (Å²) in [5.74, 6) is 1.09. The van der Waals surface area contributed by atoms with Crippen molar-refractivity contribution in [2.45, 2.75) is 19.9 Å². The molecular weight excluding hydrogens is 290 g/mol. The van der Waals surface area contributed by atoms with E-state index in [1.54, 1.807) is 12.1 Å². The Bertz CT molecular complexity index is 761. The van der Waals surface area contributed by atoms with Gasteiger partial charge in [-0.3, -0.25) is 4.79 Å². The van der Waals surface area contributed by atoms with E-state index in [1.165, 1.54) is 11.8 Å². The number of hydrogen-bond acceptors (Lipinski definition) is 3. The van der Waals surface area contributed by atoms with Crippen molar-refractivity contribution in [2.75, 3.05) is 6.54 Å². The first kappa shape index (κ1) is 15.1. The van der Waals surface area contributed by atoms with Crippen molar-refractivity contribution in [2.24, 2.45) is 0 Å². The van der Waals surface area contributed by atoms with Crippen LogP contribution < -0.4 is 5.32 Å². The number of hydrogen-bond donors (Lipinski definition) is 1. The fraction of sp³-hybridized carbons (Fsp3) is 0.222. The molecule has 0 bridgehead atoms. The van der Waals surface area contributed by atoms with Crippen LogP contribution in [-0.4, -0.2) is 22.0 Å². The molecule has 0 saturated carbocycles. The van der Waals surface area contributed by atoms with E-state index in [9.17, 15) is 4.79 Å². The van der Waals surface area contributed by atoms with Gasteiger partial charge in [0.05, 0.1) is 6.26 Å². The molecule has 0 atom stereocenters. The summed E-state index contributed by atoms with van der Waals surface area (Å²) in [6.45, 7) is 3.35. The highest BCUT2D eigenvalue weighted by atomic mass is 16.3. The first-order valence-electron chi connectivity index (χ1n) is 7.60. The molecule has 23 heavy (non-hydrogen) atoms. The van der Waals surface area contributed by atoms with Crippen LogP contribution in [0.3, 0.4) is 0 Å². The molecule has 1 amide bonds. The van der Waals surface area contributed by atoms with Gasteiger partial charge < -0.3 is 14.3 Å². The molecule has 1 N–H and O–H groups in total. The SMILES string of the molecule is Cc1cnc(CCNC(=O)c2ccco2)n1Cc1ccccc1. The number of amides is 1. The first-order chi connectivity index (χ1) is 11.2. The van der Waals surface area contributed by atoms with Crippen molar-refractivity contribution < 1.29 is 9.21 Å². The van der Waals surface area contributed by atoms with E-state index in [4.69, 9.17) is 4.42 Å².